The predicted octanol–water partition coefficient (Wildman–Crippen LogP) is 2.55. The number of hydrogen-bond acceptors (Lipinski definition) is 4. The van der Waals surface area contributed by atoms with E-state index < -0.39 is 0 Å². The summed E-state index contributed by atoms with van der Waals surface area (Å²) in [5, 5.41) is 8.87. The molecule has 0 aromatic heterocycles. The van der Waals surface area contributed by atoms with Gasteiger partial charge in [0, 0.05) is 32.7 Å². The van der Waals surface area contributed by atoms with Crippen molar-refractivity contribution in [3.63, 3.8) is 0 Å². The van der Waals surface area contributed by atoms with Crippen molar-refractivity contribution in [1.29, 1.82) is 5.26 Å². The monoisotopic (exact) mass is 341 g/mol. The van der Waals surface area contributed by atoms with Gasteiger partial charge in [-0.15, -0.1) is 0 Å². The minimum atomic E-state index is 0.132. The van der Waals surface area contributed by atoms with Gasteiger partial charge in [-0.25, -0.2) is 0 Å². The predicted molar refractivity (Wildman–Crippen MR) is 95.8 cm³/mol. The summed E-state index contributed by atoms with van der Waals surface area (Å²) in [5.41, 5.74) is 1.90. The van der Waals surface area contributed by atoms with E-state index in [2.05, 4.69) is 11.0 Å². The van der Waals surface area contributed by atoms with Crippen molar-refractivity contribution in [2.75, 3.05) is 32.8 Å². The fraction of sp³-hybridized carbons (Fsp3) is 0.600. The van der Waals surface area contributed by atoms with Crippen LogP contribution in [-0.2, 0) is 16.1 Å². The van der Waals surface area contributed by atoms with Crippen LogP contribution in [0.15, 0.2) is 24.3 Å². The van der Waals surface area contributed by atoms with Crippen molar-refractivity contribution in [3.8, 4) is 6.07 Å². The van der Waals surface area contributed by atoms with Gasteiger partial charge in [-0.3, -0.25) is 9.69 Å². The normalized spacial score (nSPS) is 19.6. The lowest BCUT2D eigenvalue weighted by Crippen LogP contribution is -2.38. The highest BCUT2D eigenvalue weighted by molar-refractivity contribution is 5.77. The van der Waals surface area contributed by atoms with Gasteiger partial charge < -0.3 is 9.64 Å². The van der Waals surface area contributed by atoms with Gasteiger partial charge >= 0.3 is 0 Å². The number of ether oxygens (including phenoxy) is 1. The molecule has 134 valence electrons. The molecule has 1 saturated carbocycles. The lowest BCUT2D eigenvalue weighted by atomic mass is 10.1. The second-order valence-electron chi connectivity index (χ2n) is 7.04. The smallest absolute Gasteiger partial charge is 0.248 e. The van der Waals surface area contributed by atoms with Crippen LogP contribution in [0.4, 0.5) is 0 Å². The Morgan fingerprint density at radius 3 is 2.56 bits per heavy atom. The zero-order valence-corrected chi connectivity index (χ0v) is 14.8. The number of rotatable bonds is 5. The number of amides is 1. The highest BCUT2D eigenvalue weighted by Gasteiger charge is 2.22. The molecule has 0 N–H and O–H groups in total. The molecular weight excluding hydrogens is 314 g/mol. The van der Waals surface area contributed by atoms with Crippen LogP contribution in [0.25, 0.3) is 0 Å². The Morgan fingerprint density at radius 2 is 1.84 bits per heavy atom. The zero-order valence-electron chi connectivity index (χ0n) is 14.8. The molecule has 3 rings (SSSR count). The molecule has 5 nitrogen and oxygen atoms in total. The average Bonchev–Trinajstić information content (AvgIpc) is 3.06. The standard InChI is InChI=1S/C20H27N3O2/c21-14-17-6-8-18(9-7-17)15-22-10-3-11-23(13-12-22)20(24)16-25-19-4-1-2-5-19/h6-9,19H,1-5,10-13,15-16H2. The van der Waals surface area contributed by atoms with Crippen LogP contribution >= 0.6 is 0 Å². The molecule has 0 radical (unpaired) electrons. The first-order valence-electron chi connectivity index (χ1n) is 9.35. The van der Waals surface area contributed by atoms with Crippen molar-refractivity contribution in [3.05, 3.63) is 35.4 Å². The summed E-state index contributed by atoms with van der Waals surface area (Å²) in [7, 11) is 0. The van der Waals surface area contributed by atoms with Crippen molar-refractivity contribution in [1.82, 2.24) is 9.80 Å². The van der Waals surface area contributed by atoms with Crippen molar-refractivity contribution >= 4 is 5.91 Å². The van der Waals surface area contributed by atoms with Crippen LogP contribution in [0.1, 0.15) is 43.2 Å². The quantitative estimate of drug-likeness (QED) is 0.826. The summed E-state index contributed by atoms with van der Waals surface area (Å²) in [6, 6.07) is 9.91. The van der Waals surface area contributed by atoms with Crippen LogP contribution in [0.2, 0.25) is 0 Å². The molecule has 1 aromatic carbocycles. The van der Waals surface area contributed by atoms with Crippen molar-refractivity contribution in [2.24, 2.45) is 0 Å². The lowest BCUT2D eigenvalue weighted by molar-refractivity contribution is -0.137. The van der Waals surface area contributed by atoms with E-state index in [4.69, 9.17) is 10.00 Å². The third kappa shape index (κ3) is 5.29. The first kappa shape index (κ1) is 17.9. The Morgan fingerprint density at radius 1 is 1.08 bits per heavy atom. The number of hydrogen-bond donors (Lipinski definition) is 0. The van der Waals surface area contributed by atoms with Gasteiger partial charge in [0.2, 0.25) is 5.91 Å². The fourth-order valence-electron chi connectivity index (χ4n) is 3.66. The molecule has 5 heteroatoms. The molecule has 1 heterocycles. The number of benzene rings is 1. The molecule has 0 spiro atoms. The maximum absolute atomic E-state index is 12.4. The van der Waals surface area contributed by atoms with E-state index in [-0.39, 0.29) is 12.5 Å². The van der Waals surface area contributed by atoms with Crippen LogP contribution < -0.4 is 0 Å². The summed E-state index contributed by atoms with van der Waals surface area (Å²) in [5.74, 6) is 0.132. The molecule has 1 amide bonds. The maximum atomic E-state index is 12.4. The van der Waals surface area contributed by atoms with Crippen LogP contribution in [0.5, 0.6) is 0 Å². The topological polar surface area (TPSA) is 56.6 Å². The molecule has 25 heavy (non-hydrogen) atoms. The summed E-state index contributed by atoms with van der Waals surface area (Å²) >= 11 is 0. The van der Waals surface area contributed by atoms with Crippen molar-refractivity contribution in [2.45, 2.75) is 44.8 Å². The number of carbonyl (C=O) groups is 1. The van der Waals surface area contributed by atoms with E-state index in [1.807, 2.05) is 29.2 Å². The molecule has 1 aliphatic carbocycles. The van der Waals surface area contributed by atoms with E-state index in [0.29, 0.717) is 11.7 Å². The first-order chi connectivity index (χ1) is 12.2. The van der Waals surface area contributed by atoms with E-state index >= 15 is 0 Å². The van der Waals surface area contributed by atoms with Gasteiger partial charge in [0.25, 0.3) is 0 Å². The molecule has 1 aliphatic heterocycles. The highest BCUT2D eigenvalue weighted by atomic mass is 16.5. The first-order valence-corrected chi connectivity index (χ1v) is 9.35. The molecule has 0 bridgehead atoms. The van der Waals surface area contributed by atoms with E-state index in [1.54, 1.807) is 0 Å². The summed E-state index contributed by atoms with van der Waals surface area (Å²) in [6.07, 6.45) is 5.95. The van der Waals surface area contributed by atoms with Gasteiger partial charge in [-0.1, -0.05) is 25.0 Å². The minimum Gasteiger partial charge on any atom is -0.368 e. The summed E-state index contributed by atoms with van der Waals surface area (Å²) in [4.78, 5) is 16.7. The number of nitrogens with zero attached hydrogens (tertiary/aromatic N) is 3. The number of carbonyl (C=O) groups excluding carboxylic acids is 1. The largest absolute Gasteiger partial charge is 0.368 e. The molecular formula is C20H27N3O2. The Balaban J connectivity index is 1.44. The molecule has 1 saturated heterocycles. The average molecular weight is 341 g/mol. The summed E-state index contributed by atoms with van der Waals surface area (Å²) < 4.78 is 5.77. The lowest BCUT2D eigenvalue weighted by Gasteiger charge is -2.22. The third-order valence-electron chi connectivity index (χ3n) is 5.18. The van der Waals surface area contributed by atoms with Gasteiger partial charge in [-0.2, -0.15) is 5.26 Å². The van der Waals surface area contributed by atoms with Gasteiger partial charge in [0.1, 0.15) is 6.61 Å². The van der Waals surface area contributed by atoms with Gasteiger partial charge in [0.05, 0.1) is 17.7 Å². The Labute approximate surface area is 150 Å². The molecule has 0 unspecified atom stereocenters. The molecule has 0 atom stereocenters. The second kappa shape index (κ2) is 8.98. The molecule has 2 fully saturated rings. The van der Waals surface area contributed by atoms with Crippen molar-refractivity contribution < 1.29 is 9.53 Å². The van der Waals surface area contributed by atoms with Gasteiger partial charge in [0.15, 0.2) is 0 Å². The van der Waals surface area contributed by atoms with E-state index in [0.717, 1.165) is 52.0 Å². The highest BCUT2D eigenvalue weighted by Crippen LogP contribution is 2.21. The summed E-state index contributed by atoms with van der Waals surface area (Å²) in [6.45, 7) is 4.56. The van der Waals surface area contributed by atoms with E-state index in [9.17, 15) is 4.79 Å². The molecule has 1 aromatic rings. The SMILES string of the molecule is N#Cc1ccc(CN2CCCN(C(=O)COC3CCCC3)CC2)cc1. The second-order valence-corrected chi connectivity index (χ2v) is 7.04. The third-order valence-corrected chi connectivity index (χ3v) is 5.18. The maximum Gasteiger partial charge on any atom is 0.248 e. The van der Waals surface area contributed by atoms with Gasteiger partial charge in [-0.05, 0) is 37.0 Å². The van der Waals surface area contributed by atoms with Crippen LogP contribution in [0, 0.1) is 11.3 Å². The molecule has 2 aliphatic rings. The Hall–Kier alpha value is -1.90. The van der Waals surface area contributed by atoms with Crippen LogP contribution in [0.3, 0.4) is 0 Å². The fourth-order valence-corrected chi connectivity index (χ4v) is 3.66. The minimum absolute atomic E-state index is 0.132. The zero-order chi connectivity index (χ0) is 17.5. The number of nitriles is 1. The Kier molecular flexibility index (Phi) is 6.43. The Bertz CT molecular complexity index is 602. The van der Waals surface area contributed by atoms with Crippen LogP contribution in [-0.4, -0.2) is 54.6 Å². The van der Waals surface area contributed by atoms with E-state index in [1.165, 1.54) is 18.4 Å².